The van der Waals surface area contributed by atoms with Gasteiger partial charge in [-0.15, -0.1) is 10.2 Å². The van der Waals surface area contributed by atoms with Gasteiger partial charge in [-0.05, 0) is 49.2 Å². The maximum atomic E-state index is 5.80. The Hall–Kier alpha value is -1.24. The number of benzene rings is 1. The van der Waals surface area contributed by atoms with Gasteiger partial charge in [0.15, 0.2) is 0 Å². The van der Waals surface area contributed by atoms with Crippen LogP contribution in [0.4, 0.5) is 0 Å². The summed E-state index contributed by atoms with van der Waals surface area (Å²) in [6.45, 7) is 5.32. The molecule has 4 rings (SSSR count). The average molecular weight is 349 g/mol. The van der Waals surface area contributed by atoms with E-state index >= 15 is 0 Å². The molecule has 0 bridgehead atoms. The van der Waals surface area contributed by atoms with E-state index in [1.54, 1.807) is 0 Å². The SMILES string of the molecule is Brc1ccc(-c2nnc(CN3CC4CNCC4C3)o2)cc1. The van der Waals surface area contributed by atoms with Crippen molar-refractivity contribution in [2.45, 2.75) is 6.54 Å². The van der Waals surface area contributed by atoms with Crippen LogP contribution in [-0.4, -0.2) is 41.3 Å². The van der Waals surface area contributed by atoms with Gasteiger partial charge in [0, 0.05) is 23.1 Å². The number of nitrogens with one attached hydrogen (secondary N) is 1. The Kier molecular flexibility index (Phi) is 3.52. The van der Waals surface area contributed by atoms with Crippen LogP contribution < -0.4 is 5.32 Å². The van der Waals surface area contributed by atoms with E-state index in [9.17, 15) is 0 Å². The van der Waals surface area contributed by atoms with Crippen LogP contribution >= 0.6 is 15.9 Å². The lowest BCUT2D eigenvalue weighted by Gasteiger charge is -2.13. The van der Waals surface area contributed by atoms with E-state index in [0.717, 1.165) is 54.6 Å². The standard InChI is InChI=1S/C15H17BrN4O/c16-13-3-1-10(2-4-13)15-19-18-14(21-15)9-20-7-11-5-17-6-12(11)8-20/h1-4,11-12,17H,5-9H2. The van der Waals surface area contributed by atoms with Crippen molar-refractivity contribution < 1.29 is 4.42 Å². The highest BCUT2D eigenvalue weighted by Crippen LogP contribution is 2.28. The van der Waals surface area contributed by atoms with Crippen molar-refractivity contribution in [1.29, 1.82) is 0 Å². The van der Waals surface area contributed by atoms with Gasteiger partial charge < -0.3 is 9.73 Å². The lowest BCUT2D eigenvalue weighted by Crippen LogP contribution is -2.25. The van der Waals surface area contributed by atoms with E-state index in [4.69, 9.17) is 4.42 Å². The fourth-order valence-electron chi connectivity index (χ4n) is 3.30. The molecule has 5 nitrogen and oxygen atoms in total. The van der Waals surface area contributed by atoms with Crippen molar-refractivity contribution in [1.82, 2.24) is 20.4 Å². The number of hydrogen-bond donors (Lipinski definition) is 1. The normalized spacial score (nSPS) is 25.4. The Labute approximate surface area is 131 Å². The van der Waals surface area contributed by atoms with Crippen molar-refractivity contribution in [2.24, 2.45) is 11.8 Å². The molecule has 6 heteroatoms. The number of halogens is 1. The minimum atomic E-state index is 0.596. The smallest absolute Gasteiger partial charge is 0.247 e. The van der Waals surface area contributed by atoms with Crippen LogP contribution in [0.1, 0.15) is 5.89 Å². The number of nitrogens with zero attached hydrogens (tertiary/aromatic N) is 3. The second-order valence-electron chi connectivity index (χ2n) is 5.88. The lowest BCUT2D eigenvalue weighted by molar-refractivity contribution is 0.273. The van der Waals surface area contributed by atoms with Crippen molar-refractivity contribution in [3.63, 3.8) is 0 Å². The zero-order valence-corrected chi connectivity index (χ0v) is 13.2. The van der Waals surface area contributed by atoms with Crippen molar-refractivity contribution in [3.8, 4) is 11.5 Å². The van der Waals surface area contributed by atoms with E-state index in [2.05, 4.69) is 36.3 Å². The van der Waals surface area contributed by atoms with Gasteiger partial charge in [0.25, 0.3) is 0 Å². The first-order valence-corrected chi connectivity index (χ1v) is 8.08. The van der Waals surface area contributed by atoms with Gasteiger partial charge in [-0.1, -0.05) is 15.9 Å². The summed E-state index contributed by atoms with van der Waals surface area (Å²) in [6, 6.07) is 7.92. The molecule has 2 atom stereocenters. The molecule has 1 aromatic carbocycles. The fraction of sp³-hybridized carbons (Fsp3) is 0.467. The molecule has 0 radical (unpaired) electrons. The molecule has 1 aromatic heterocycles. The lowest BCUT2D eigenvalue weighted by atomic mass is 10.0. The van der Waals surface area contributed by atoms with E-state index in [1.165, 1.54) is 0 Å². The number of rotatable bonds is 3. The minimum Gasteiger partial charge on any atom is -0.419 e. The van der Waals surface area contributed by atoms with Crippen molar-refractivity contribution in [2.75, 3.05) is 26.2 Å². The van der Waals surface area contributed by atoms with Gasteiger partial charge in [-0.3, -0.25) is 4.90 Å². The predicted molar refractivity (Wildman–Crippen MR) is 82.6 cm³/mol. The number of likely N-dealkylation sites (tertiary alicyclic amines) is 1. The van der Waals surface area contributed by atoms with Crippen LogP contribution in [-0.2, 0) is 6.54 Å². The van der Waals surface area contributed by atoms with Crippen LogP contribution in [0.15, 0.2) is 33.2 Å². The predicted octanol–water partition coefficient (Wildman–Crippen LogP) is 2.15. The highest BCUT2D eigenvalue weighted by molar-refractivity contribution is 9.10. The van der Waals surface area contributed by atoms with Crippen LogP contribution in [0.25, 0.3) is 11.5 Å². The molecule has 0 aliphatic carbocycles. The van der Waals surface area contributed by atoms with Gasteiger partial charge in [-0.25, -0.2) is 0 Å². The fourth-order valence-corrected chi connectivity index (χ4v) is 3.56. The molecule has 21 heavy (non-hydrogen) atoms. The maximum absolute atomic E-state index is 5.80. The molecular formula is C15H17BrN4O. The third-order valence-electron chi connectivity index (χ3n) is 4.38. The first-order valence-electron chi connectivity index (χ1n) is 7.29. The number of aromatic nitrogens is 2. The Morgan fingerprint density at radius 2 is 1.86 bits per heavy atom. The van der Waals surface area contributed by atoms with Gasteiger partial charge in [0.2, 0.25) is 11.8 Å². The number of fused-ring (bicyclic) bond motifs is 1. The second kappa shape index (κ2) is 5.51. The van der Waals surface area contributed by atoms with Crippen LogP contribution in [0, 0.1) is 11.8 Å². The topological polar surface area (TPSA) is 54.2 Å². The Balaban J connectivity index is 1.44. The van der Waals surface area contributed by atoms with Crippen LogP contribution in [0.2, 0.25) is 0 Å². The minimum absolute atomic E-state index is 0.596. The van der Waals surface area contributed by atoms with Crippen LogP contribution in [0.5, 0.6) is 0 Å². The molecule has 2 aliphatic heterocycles. The summed E-state index contributed by atoms with van der Waals surface area (Å²) >= 11 is 3.43. The molecule has 0 amide bonds. The maximum Gasteiger partial charge on any atom is 0.247 e. The summed E-state index contributed by atoms with van der Waals surface area (Å²) in [7, 11) is 0. The molecule has 1 N–H and O–H groups in total. The Morgan fingerprint density at radius 3 is 2.57 bits per heavy atom. The molecule has 2 saturated heterocycles. The quantitative estimate of drug-likeness (QED) is 0.920. The monoisotopic (exact) mass is 348 g/mol. The van der Waals surface area contributed by atoms with Crippen LogP contribution in [0.3, 0.4) is 0 Å². The number of hydrogen-bond acceptors (Lipinski definition) is 5. The van der Waals surface area contributed by atoms with E-state index in [-0.39, 0.29) is 0 Å². The summed E-state index contributed by atoms with van der Waals surface area (Å²) in [5, 5.41) is 11.8. The summed E-state index contributed by atoms with van der Waals surface area (Å²) in [6.07, 6.45) is 0. The Morgan fingerprint density at radius 1 is 1.14 bits per heavy atom. The summed E-state index contributed by atoms with van der Waals surface area (Å²) in [5.41, 5.74) is 0.958. The molecule has 110 valence electrons. The first-order chi connectivity index (χ1) is 10.3. The molecule has 2 aliphatic rings. The average Bonchev–Trinajstić information content (AvgIpc) is 3.16. The molecule has 2 fully saturated rings. The summed E-state index contributed by atoms with van der Waals surface area (Å²) < 4.78 is 6.84. The van der Waals surface area contributed by atoms with E-state index in [0.29, 0.717) is 11.8 Å². The molecule has 0 saturated carbocycles. The highest BCUT2D eigenvalue weighted by atomic mass is 79.9. The first kappa shape index (κ1) is 13.4. The molecule has 3 heterocycles. The third kappa shape index (κ3) is 2.75. The zero-order valence-electron chi connectivity index (χ0n) is 11.6. The summed E-state index contributed by atoms with van der Waals surface area (Å²) in [4.78, 5) is 2.43. The zero-order chi connectivity index (χ0) is 14.2. The van der Waals surface area contributed by atoms with Gasteiger partial charge >= 0.3 is 0 Å². The molecule has 2 aromatic rings. The van der Waals surface area contributed by atoms with E-state index < -0.39 is 0 Å². The van der Waals surface area contributed by atoms with Gasteiger partial charge in [0.05, 0.1) is 6.54 Å². The highest BCUT2D eigenvalue weighted by Gasteiger charge is 2.36. The van der Waals surface area contributed by atoms with Crippen molar-refractivity contribution in [3.05, 3.63) is 34.6 Å². The summed E-state index contributed by atoms with van der Waals surface area (Å²) in [5.74, 6) is 2.89. The van der Waals surface area contributed by atoms with E-state index in [1.807, 2.05) is 24.3 Å². The molecule has 2 unspecified atom stereocenters. The van der Waals surface area contributed by atoms with Gasteiger partial charge in [0.1, 0.15) is 0 Å². The van der Waals surface area contributed by atoms with Gasteiger partial charge in [-0.2, -0.15) is 0 Å². The van der Waals surface area contributed by atoms with Crippen molar-refractivity contribution >= 4 is 15.9 Å². The molecular weight excluding hydrogens is 332 g/mol. The molecule has 0 spiro atoms. The third-order valence-corrected chi connectivity index (χ3v) is 4.91. The Bertz CT molecular complexity index is 615. The second-order valence-corrected chi connectivity index (χ2v) is 6.80. The largest absolute Gasteiger partial charge is 0.419 e.